The smallest absolute Gasteiger partial charge is 0.257 e. The lowest BCUT2D eigenvalue weighted by Gasteiger charge is -2.51. The van der Waals surface area contributed by atoms with Gasteiger partial charge in [-0.05, 0) is 25.0 Å². The fourth-order valence-corrected chi connectivity index (χ4v) is 4.20. The summed E-state index contributed by atoms with van der Waals surface area (Å²) in [7, 11) is 0. The van der Waals surface area contributed by atoms with E-state index in [1.165, 1.54) is 5.56 Å². The van der Waals surface area contributed by atoms with Crippen LogP contribution in [0, 0.1) is 12.3 Å². The van der Waals surface area contributed by atoms with Crippen molar-refractivity contribution in [2.75, 3.05) is 19.7 Å². The maximum Gasteiger partial charge on any atom is 0.257 e. The number of benzene rings is 2. The van der Waals surface area contributed by atoms with Crippen LogP contribution in [0.2, 0.25) is 0 Å². The van der Waals surface area contributed by atoms with E-state index in [1.54, 1.807) is 6.20 Å². The number of aromatic nitrogens is 2. The van der Waals surface area contributed by atoms with Gasteiger partial charge in [0.1, 0.15) is 11.6 Å². The van der Waals surface area contributed by atoms with E-state index in [0.29, 0.717) is 36.8 Å². The summed E-state index contributed by atoms with van der Waals surface area (Å²) >= 11 is 0. The predicted molar refractivity (Wildman–Crippen MR) is 106 cm³/mol. The van der Waals surface area contributed by atoms with Crippen LogP contribution in [-0.2, 0) is 6.42 Å². The van der Waals surface area contributed by atoms with Gasteiger partial charge in [0.05, 0.1) is 17.9 Å². The predicted octanol–water partition coefficient (Wildman–Crippen LogP) is 3.53. The van der Waals surface area contributed by atoms with E-state index in [0.717, 1.165) is 17.7 Å². The first kappa shape index (κ1) is 16.9. The Labute approximate surface area is 164 Å². The zero-order chi connectivity index (χ0) is 19.1. The quantitative estimate of drug-likeness (QED) is 0.692. The molecule has 0 radical (unpaired) electrons. The number of nitrogens with zero attached hydrogens (tertiary/aromatic N) is 3. The normalized spacial score (nSPS) is 16.8. The summed E-state index contributed by atoms with van der Waals surface area (Å²) in [6.07, 6.45) is 2.60. The minimum absolute atomic E-state index is 0.0108. The van der Waals surface area contributed by atoms with Gasteiger partial charge in [0, 0.05) is 30.3 Å². The first-order valence-electron chi connectivity index (χ1n) is 9.53. The van der Waals surface area contributed by atoms with Crippen LogP contribution in [0.4, 0.5) is 0 Å². The number of carbonyl (C=O) groups excluding carboxylic acids is 1. The summed E-state index contributed by atoms with van der Waals surface area (Å²) in [6.45, 7) is 3.89. The monoisotopic (exact) mass is 371 g/mol. The summed E-state index contributed by atoms with van der Waals surface area (Å²) in [4.78, 5) is 23.9. The van der Waals surface area contributed by atoms with Gasteiger partial charge in [-0.1, -0.05) is 48.5 Å². The van der Waals surface area contributed by atoms with Crippen molar-refractivity contribution in [2.45, 2.75) is 13.3 Å². The molecule has 0 unspecified atom stereocenters. The highest BCUT2D eigenvalue weighted by Crippen LogP contribution is 2.41. The number of ether oxygens (including phenoxy) is 1. The zero-order valence-corrected chi connectivity index (χ0v) is 15.8. The third kappa shape index (κ3) is 2.83. The van der Waals surface area contributed by atoms with Gasteiger partial charge in [-0.3, -0.25) is 4.79 Å². The average Bonchev–Trinajstić information content (AvgIpc) is 2.71. The fraction of sp³-hybridized carbons (Fsp3) is 0.261. The van der Waals surface area contributed by atoms with Crippen LogP contribution in [0.1, 0.15) is 21.7 Å². The van der Waals surface area contributed by atoms with Gasteiger partial charge >= 0.3 is 0 Å². The summed E-state index contributed by atoms with van der Waals surface area (Å²) in [5.41, 5.74) is 3.43. The second kappa shape index (κ2) is 6.44. The Morgan fingerprint density at radius 2 is 1.82 bits per heavy atom. The molecule has 1 saturated heterocycles. The minimum atomic E-state index is -0.0108. The van der Waals surface area contributed by atoms with E-state index >= 15 is 0 Å². The standard InChI is InChI=1S/C23H21N3O2/c1-16-24-12-19(21(25-16)17-7-3-2-4-8-17)22(27)26-13-23(14-26)11-18-9-5-6-10-20(18)28-15-23/h2-10,12H,11,13-15H2,1H3. The number of fused-ring (bicyclic) bond motifs is 1. The highest BCUT2D eigenvalue weighted by molar-refractivity contribution is 6.00. The van der Waals surface area contributed by atoms with E-state index in [2.05, 4.69) is 16.0 Å². The molecule has 0 N–H and O–H groups in total. The molecule has 2 aliphatic rings. The summed E-state index contributed by atoms with van der Waals surface area (Å²) in [6, 6.07) is 18.0. The summed E-state index contributed by atoms with van der Waals surface area (Å²) in [5.74, 6) is 1.62. The molecule has 1 aromatic heterocycles. The molecule has 140 valence electrons. The number of carbonyl (C=O) groups is 1. The Morgan fingerprint density at radius 3 is 2.64 bits per heavy atom. The lowest BCUT2D eigenvalue weighted by Crippen LogP contribution is -2.62. The van der Waals surface area contributed by atoms with E-state index in [1.807, 2.05) is 60.4 Å². The van der Waals surface area contributed by atoms with Crippen LogP contribution in [0.3, 0.4) is 0 Å². The Kier molecular flexibility index (Phi) is 3.90. The molecule has 1 amide bonds. The SMILES string of the molecule is Cc1ncc(C(=O)N2CC3(COc4ccccc4C3)C2)c(-c2ccccc2)n1. The molecule has 3 heterocycles. The largest absolute Gasteiger partial charge is 0.493 e. The number of para-hydroxylation sites is 1. The third-order valence-electron chi connectivity index (χ3n) is 5.60. The second-order valence-electron chi connectivity index (χ2n) is 7.78. The fourth-order valence-electron chi connectivity index (χ4n) is 4.20. The Morgan fingerprint density at radius 1 is 1.07 bits per heavy atom. The minimum Gasteiger partial charge on any atom is -0.493 e. The van der Waals surface area contributed by atoms with Crippen LogP contribution in [0.25, 0.3) is 11.3 Å². The molecule has 28 heavy (non-hydrogen) atoms. The Hall–Kier alpha value is -3.21. The molecule has 1 fully saturated rings. The van der Waals surface area contributed by atoms with Gasteiger partial charge in [0.25, 0.3) is 5.91 Å². The molecular weight excluding hydrogens is 350 g/mol. The Bertz CT molecular complexity index is 1040. The highest BCUT2D eigenvalue weighted by Gasteiger charge is 2.48. The van der Waals surface area contributed by atoms with Gasteiger partial charge in [-0.2, -0.15) is 0 Å². The topological polar surface area (TPSA) is 55.3 Å². The first-order valence-corrected chi connectivity index (χ1v) is 9.53. The molecule has 2 aromatic carbocycles. The third-order valence-corrected chi connectivity index (χ3v) is 5.60. The maximum atomic E-state index is 13.2. The summed E-state index contributed by atoms with van der Waals surface area (Å²) in [5, 5.41) is 0. The van der Waals surface area contributed by atoms with Crippen molar-refractivity contribution in [3.63, 3.8) is 0 Å². The van der Waals surface area contributed by atoms with Gasteiger partial charge in [0.2, 0.25) is 0 Å². The number of likely N-dealkylation sites (tertiary alicyclic amines) is 1. The van der Waals surface area contributed by atoms with Crippen molar-refractivity contribution in [1.29, 1.82) is 0 Å². The number of hydrogen-bond acceptors (Lipinski definition) is 4. The molecule has 2 aliphatic heterocycles. The molecule has 5 rings (SSSR count). The molecule has 0 bridgehead atoms. The molecule has 0 atom stereocenters. The molecule has 0 aliphatic carbocycles. The molecule has 0 saturated carbocycles. The number of aryl methyl sites for hydroxylation is 1. The van der Waals surface area contributed by atoms with Crippen molar-refractivity contribution < 1.29 is 9.53 Å². The lowest BCUT2D eigenvalue weighted by molar-refractivity contribution is -0.0290. The lowest BCUT2D eigenvalue weighted by atomic mass is 9.73. The highest BCUT2D eigenvalue weighted by atomic mass is 16.5. The van der Waals surface area contributed by atoms with Crippen molar-refractivity contribution in [2.24, 2.45) is 5.41 Å². The van der Waals surface area contributed by atoms with Crippen LogP contribution >= 0.6 is 0 Å². The zero-order valence-electron chi connectivity index (χ0n) is 15.8. The molecule has 1 spiro atoms. The second-order valence-corrected chi connectivity index (χ2v) is 7.78. The van der Waals surface area contributed by atoms with Crippen LogP contribution < -0.4 is 4.74 Å². The first-order chi connectivity index (χ1) is 13.6. The van der Waals surface area contributed by atoms with E-state index in [9.17, 15) is 4.79 Å². The van der Waals surface area contributed by atoms with Crippen LogP contribution in [-0.4, -0.2) is 40.5 Å². The van der Waals surface area contributed by atoms with E-state index < -0.39 is 0 Å². The molecule has 5 nitrogen and oxygen atoms in total. The molecular formula is C23H21N3O2. The molecule has 3 aromatic rings. The number of amides is 1. The van der Waals surface area contributed by atoms with Crippen molar-refractivity contribution >= 4 is 5.91 Å². The van der Waals surface area contributed by atoms with Crippen molar-refractivity contribution in [3.05, 3.63) is 77.7 Å². The van der Waals surface area contributed by atoms with Gasteiger partial charge < -0.3 is 9.64 Å². The number of rotatable bonds is 2. The Balaban J connectivity index is 1.38. The van der Waals surface area contributed by atoms with Crippen molar-refractivity contribution in [3.8, 4) is 17.0 Å². The van der Waals surface area contributed by atoms with E-state index in [-0.39, 0.29) is 11.3 Å². The number of hydrogen-bond donors (Lipinski definition) is 0. The van der Waals surface area contributed by atoms with Crippen LogP contribution in [0.15, 0.2) is 60.8 Å². The van der Waals surface area contributed by atoms with Gasteiger partial charge in [-0.25, -0.2) is 9.97 Å². The molecule has 5 heteroatoms. The van der Waals surface area contributed by atoms with Gasteiger partial charge in [-0.15, -0.1) is 0 Å². The maximum absolute atomic E-state index is 13.2. The summed E-state index contributed by atoms with van der Waals surface area (Å²) < 4.78 is 5.96. The van der Waals surface area contributed by atoms with Gasteiger partial charge in [0.15, 0.2) is 0 Å². The average molecular weight is 371 g/mol. The van der Waals surface area contributed by atoms with Crippen LogP contribution in [0.5, 0.6) is 5.75 Å². The van der Waals surface area contributed by atoms with Crippen molar-refractivity contribution in [1.82, 2.24) is 14.9 Å². The van der Waals surface area contributed by atoms with E-state index in [4.69, 9.17) is 4.74 Å².